The van der Waals surface area contributed by atoms with Gasteiger partial charge in [-0.25, -0.2) is 0 Å². The smallest absolute Gasteiger partial charge is 0.244 e. The Hall–Kier alpha value is -1.36. The van der Waals surface area contributed by atoms with Gasteiger partial charge in [-0.3, -0.25) is 9.48 Å². The van der Waals surface area contributed by atoms with E-state index in [9.17, 15) is 4.79 Å². The van der Waals surface area contributed by atoms with Crippen LogP contribution in [0, 0.1) is 0 Å². The van der Waals surface area contributed by atoms with Crippen molar-refractivity contribution in [1.29, 1.82) is 0 Å². The molecule has 5 nitrogen and oxygen atoms in total. The predicted molar refractivity (Wildman–Crippen MR) is 62.8 cm³/mol. The Morgan fingerprint density at radius 2 is 2.19 bits per heavy atom. The molecule has 0 aliphatic heterocycles. The first-order valence-corrected chi connectivity index (χ1v) is 5.64. The Balaban J connectivity index is 2.62. The fraction of sp³-hybridized carbons (Fsp3) is 0.636. The van der Waals surface area contributed by atoms with E-state index in [0.29, 0.717) is 0 Å². The zero-order chi connectivity index (χ0) is 12.1. The van der Waals surface area contributed by atoms with E-state index in [1.54, 1.807) is 15.8 Å². The van der Waals surface area contributed by atoms with Crippen molar-refractivity contribution in [3.05, 3.63) is 18.0 Å². The van der Waals surface area contributed by atoms with Gasteiger partial charge in [0.15, 0.2) is 0 Å². The van der Waals surface area contributed by atoms with Gasteiger partial charge < -0.3 is 10.6 Å². The van der Waals surface area contributed by atoms with E-state index in [1.807, 2.05) is 27.0 Å². The van der Waals surface area contributed by atoms with Crippen LogP contribution in [0.2, 0.25) is 0 Å². The van der Waals surface area contributed by atoms with E-state index >= 15 is 0 Å². The van der Waals surface area contributed by atoms with Gasteiger partial charge >= 0.3 is 0 Å². The molecule has 1 atom stereocenters. The number of likely N-dealkylation sites (N-methyl/N-ethyl adjacent to an activating group) is 1. The summed E-state index contributed by atoms with van der Waals surface area (Å²) in [5.41, 5.74) is 6.67. The summed E-state index contributed by atoms with van der Waals surface area (Å²) < 4.78 is 1.64. The molecule has 1 aromatic heterocycles. The van der Waals surface area contributed by atoms with E-state index in [1.165, 1.54) is 0 Å². The maximum absolute atomic E-state index is 11.8. The Morgan fingerprint density at radius 1 is 1.56 bits per heavy atom. The number of hydrogen-bond acceptors (Lipinski definition) is 3. The molecule has 0 spiro atoms. The summed E-state index contributed by atoms with van der Waals surface area (Å²) in [4.78, 5) is 13.6. The van der Waals surface area contributed by atoms with Crippen molar-refractivity contribution in [1.82, 2.24) is 14.7 Å². The molecule has 90 valence electrons. The summed E-state index contributed by atoms with van der Waals surface area (Å²) in [6.07, 6.45) is 3.53. The third kappa shape index (κ3) is 3.06. The van der Waals surface area contributed by atoms with Crippen LogP contribution in [0.5, 0.6) is 0 Å². The van der Waals surface area contributed by atoms with Gasteiger partial charge in [0.1, 0.15) is 6.54 Å². The Bertz CT molecular complexity index is 342. The maximum atomic E-state index is 11.8. The van der Waals surface area contributed by atoms with Crippen molar-refractivity contribution in [2.24, 2.45) is 5.73 Å². The monoisotopic (exact) mass is 224 g/mol. The summed E-state index contributed by atoms with van der Waals surface area (Å²) in [5, 5.41) is 4.12. The summed E-state index contributed by atoms with van der Waals surface area (Å²) >= 11 is 0. The molecule has 16 heavy (non-hydrogen) atoms. The Labute approximate surface area is 96.2 Å². The number of amides is 1. The molecule has 0 fully saturated rings. The topological polar surface area (TPSA) is 64.2 Å². The van der Waals surface area contributed by atoms with Gasteiger partial charge in [0, 0.05) is 30.9 Å². The van der Waals surface area contributed by atoms with Crippen LogP contribution >= 0.6 is 0 Å². The normalized spacial score (nSPS) is 12.5. The fourth-order valence-corrected chi connectivity index (χ4v) is 1.52. The zero-order valence-corrected chi connectivity index (χ0v) is 10.2. The van der Waals surface area contributed by atoms with Crippen LogP contribution < -0.4 is 5.73 Å². The van der Waals surface area contributed by atoms with E-state index in [2.05, 4.69) is 5.10 Å². The second-order valence-electron chi connectivity index (χ2n) is 3.83. The molecular weight excluding hydrogens is 204 g/mol. The van der Waals surface area contributed by atoms with Crippen molar-refractivity contribution >= 4 is 5.91 Å². The van der Waals surface area contributed by atoms with Crippen molar-refractivity contribution in [3.8, 4) is 0 Å². The third-order valence-corrected chi connectivity index (χ3v) is 2.59. The quantitative estimate of drug-likeness (QED) is 0.803. The van der Waals surface area contributed by atoms with Gasteiger partial charge in [-0.15, -0.1) is 0 Å². The first-order chi connectivity index (χ1) is 7.58. The summed E-state index contributed by atoms with van der Waals surface area (Å²) in [7, 11) is 0. The van der Waals surface area contributed by atoms with Crippen molar-refractivity contribution < 1.29 is 4.79 Å². The maximum Gasteiger partial charge on any atom is 0.244 e. The minimum atomic E-state index is -0.0442. The molecule has 1 amide bonds. The molecule has 1 aromatic rings. The van der Waals surface area contributed by atoms with Crippen LogP contribution in [0.1, 0.15) is 32.4 Å². The van der Waals surface area contributed by atoms with Gasteiger partial charge in [0.05, 0.1) is 6.20 Å². The third-order valence-electron chi connectivity index (χ3n) is 2.59. The number of hydrogen-bond donors (Lipinski definition) is 1. The Morgan fingerprint density at radius 3 is 2.62 bits per heavy atom. The highest BCUT2D eigenvalue weighted by Gasteiger charge is 2.11. The highest BCUT2D eigenvalue weighted by Crippen LogP contribution is 2.07. The summed E-state index contributed by atoms with van der Waals surface area (Å²) in [6.45, 7) is 7.59. The standard InChI is InChI=1S/C11H20N4O/c1-4-14(5-2)11(16)8-15-7-10(6-13-15)9(3)12/h6-7,9H,4-5,8,12H2,1-3H3. The molecule has 1 rings (SSSR count). The first kappa shape index (κ1) is 12.7. The SMILES string of the molecule is CCN(CC)C(=O)Cn1cc(C(C)N)cn1. The molecule has 1 heterocycles. The van der Waals surface area contributed by atoms with Crippen LogP contribution in [0.4, 0.5) is 0 Å². The molecule has 0 aromatic carbocycles. The number of carbonyl (C=O) groups is 1. The lowest BCUT2D eigenvalue weighted by Gasteiger charge is -2.18. The molecule has 0 aliphatic carbocycles. The van der Waals surface area contributed by atoms with Gasteiger partial charge in [-0.05, 0) is 20.8 Å². The average Bonchev–Trinajstić information content (AvgIpc) is 2.68. The summed E-state index contributed by atoms with van der Waals surface area (Å²) in [6, 6.07) is -0.0442. The van der Waals surface area contributed by atoms with E-state index in [-0.39, 0.29) is 18.5 Å². The molecule has 0 saturated heterocycles. The molecular formula is C11H20N4O. The molecule has 2 N–H and O–H groups in total. The molecule has 0 aliphatic rings. The molecule has 0 bridgehead atoms. The van der Waals surface area contributed by atoms with Gasteiger partial charge in [0.25, 0.3) is 0 Å². The molecule has 5 heteroatoms. The van der Waals surface area contributed by atoms with Crippen molar-refractivity contribution in [2.45, 2.75) is 33.4 Å². The van der Waals surface area contributed by atoms with E-state index < -0.39 is 0 Å². The molecule has 0 radical (unpaired) electrons. The Kier molecular flexibility index (Phi) is 4.49. The fourth-order valence-electron chi connectivity index (χ4n) is 1.52. The zero-order valence-electron chi connectivity index (χ0n) is 10.2. The number of rotatable bonds is 5. The van der Waals surface area contributed by atoms with Crippen molar-refractivity contribution in [2.75, 3.05) is 13.1 Å². The number of aromatic nitrogens is 2. The lowest BCUT2D eigenvalue weighted by Crippen LogP contribution is -2.33. The predicted octanol–water partition coefficient (Wildman–Crippen LogP) is 0.771. The largest absolute Gasteiger partial charge is 0.342 e. The number of carbonyl (C=O) groups excluding carboxylic acids is 1. The van der Waals surface area contributed by atoms with Crippen LogP contribution in [0.25, 0.3) is 0 Å². The number of nitrogens with zero attached hydrogens (tertiary/aromatic N) is 3. The van der Waals surface area contributed by atoms with Gasteiger partial charge in [0.2, 0.25) is 5.91 Å². The second kappa shape index (κ2) is 5.65. The van der Waals surface area contributed by atoms with Crippen LogP contribution in [-0.4, -0.2) is 33.7 Å². The van der Waals surface area contributed by atoms with Gasteiger partial charge in [-0.2, -0.15) is 5.10 Å². The molecule has 1 unspecified atom stereocenters. The highest BCUT2D eigenvalue weighted by molar-refractivity contribution is 5.75. The average molecular weight is 224 g/mol. The van der Waals surface area contributed by atoms with E-state index in [0.717, 1.165) is 18.7 Å². The minimum absolute atomic E-state index is 0.0442. The van der Waals surface area contributed by atoms with Crippen LogP contribution in [-0.2, 0) is 11.3 Å². The highest BCUT2D eigenvalue weighted by atomic mass is 16.2. The lowest BCUT2D eigenvalue weighted by molar-refractivity contribution is -0.131. The number of nitrogens with two attached hydrogens (primary N) is 1. The lowest BCUT2D eigenvalue weighted by atomic mass is 10.2. The summed E-state index contributed by atoms with van der Waals surface area (Å²) in [5.74, 6) is 0.0873. The van der Waals surface area contributed by atoms with Crippen LogP contribution in [0.15, 0.2) is 12.4 Å². The van der Waals surface area contributed by atoms with E-state index in [4.69, 9.17) is 5.73 Å². The molecule has 0 saturated carbocycles. The second-order valence-corrected chi connectivity index (χ2v) is 3.83. The van der Waals surface area contributed by atoms with Crippen molar-refractivity contribution in [3.63, 3.8) is 0 Å². The minimum Gasteiger partial charge on any atom is -0.342 e. The van der Waals surface area contributed by atoms with Gasteiger partial charge in [-0.1, -0.05) is 0 Å². The van der Waals surface area contributed by atoms with Crippen LogP contribution in [0.3, 0.4) is 0 Å². The first-order valence-electron chi connectivity index (χ1n) is 5.64.